The largest absolute Gasteiger partial charge is 0.493 e. The van der Waals surface area contributed by atoms with Gasteiger partial charge in [-0.25, -0.2) is 0 Å². The molecule has 0 radical (unpaired) electrons. The molecule has 120 valence electrons. The molecule has 0 heterocycles. The molecule has 2 aromatic rings. The van der Waals surface area contributed by atoms with Gasteiger partial charge in [-0.15, -0.1) is 0 Å². The minimum absolute atomic E-state index is 0.0279. The Kier molecular flexibility index (Phi) is 5.53. The fourth-order valence-corrected chi connectivity index (χ4v) is 2.46. The predicted octanol–water partition coefficient (Wildman–Crippen LogP) is 3.75. The van der Waals surface area contributed by atoms with E-state index in [0.29, 0.717) is 21.5 Å². The number of ether oxygens (including phenoxy) is 2. The normalized spacial score (nSPS) is 10.7. The molecule has 0 aromatic heterocycles. The van der Waals surface area contributed by atoms with Gasteiger partial charge >= 0.3 is 0 Å². The lowest BCUT2D eigenvalue weighted by atomic mass is 10.2. The molecule has 0 spiro atoms. The van der Waals surface area contributed by atoms with Crippen LogP contribution in [0.5, 0.6) is 11.5 Å². The van der Waals surface area contributed by atoms with Gasteiger partial charge in [-0.05, 0) is 45.8 Å². The smallest absolute Gasteiger partial charge is 0.269 e. The van der Waals surface area contributed by atoms with Crippen LogP contribution in [-0.4, -0.2) is 23.5 Å². The number of nitro benzene ring substituents is 1. The second-order valence-electron chi connectivity index (χ2n) is 4.49. The van der Waals surface area contributed by atoms with Crippen molar-refractivity contribution in [3.63, 3.8) is 0 Å². The third-order valence-corrected chi connectivity index (χ3v) is 3.58. The Bertz CT molecular complexity index is 731. The number of oxime groups is 1. The van der Waals surface area contributed by atoms with Crippen LogP contribution >= 0.6 is 15.9 Å². The van der Waals surface area contributed by atoms with Crippen molar-refractivity contribution in [2.75, 3.05) is 7.11 Å². The van der Waals surface area contributed by atoms with Gasteiger partial charge in [0.05, 0.1) is 22.7 Å². The van der Waals surface area contributed by atoms with E-state index in [0.717, 1.165) is 5.56 Å². The van der Waals surface area contributed by atoms with E-state index in [2.05, 4.69) is 21.1 Å². The van der Waals surface area contributed by atoms with Gasteiger partial charge in [-0.1, -0.05) is 5.16 Å². The third kappa shape index (κ3) is 4.19. The van der Waals surface area contributed by atoms with Gasteiger partial charge in [0.25, 0.3) is 5.69 Å². The van der Waals surface area contributed by atoms with Crippen LogP contribution in [0, 0.1) is 10.1 Å². The van der Waals surface area contributed by atoms with Gasteiger partial charge in [0, 0.05) is 17.7 Å². The standard InChI is InChI=1S/C15H13BrN2O5/c1-22-14-7-11(8-17-19)6-13(16)15(14)23-9-10-2-4-12(5-3-10)18(20)21/h2-8,19H,9H2,1H3/b17-8-. The molecule has 0 amide bonds. The molecule has 0 unspecified atom stereocenters. The summed E-state index contributed by atoms with van der Waals surface area (Å²) in [4.78, 5) is 10.2. The monoisotopic (exact) mass is 380 g/mol. The molecule has 0 aliphatic heterocycles. The Labute approximate surface area is 140 Å². The van der Waals surface area contributed by atoms with Crippen molar-refractivity contribution in [2.24, 2.45) is 5.16 Å². The number of hydrogen-bond acceptors (Lipinski definition) is 6. The molecule has 2 aromatic carbocycles. The molecule has 0 aliphatic rings. The first-order chi connectivity index (χ1) is 11.0. The fraction of sp³-hybridized carbons (Fsp3) is 0.133. The molecule has 0 bridgehead atoms. The topological polar surface area (TPSA) is 94.2 Å². The minimum Gasteiger partial charge on any atom is -0.493 e. The van der Waals surface area contributed by atoms with Gasteiger partial charge in [-0.3, -0.25) is 10.1 Å². The van der Waals surface area contributed by atoms with E-state index in [1.807, 2.05) is 0 Å². The maximum Gasteiger partial charge on any atom is 0.269 e. The van der Waals surface area contributed by atoms with E-state index in [4.69, 9.17) is 14.7 Å². The van der Waals surface area contributed by atoms with Crippen molar-refractivity contribution in [3.05, 3.63) is 62.1 Å². The Morgan fingerprint density at radius 1 is 1.35 bits per heavy atom. The number of halogens is 1. The van der Waals surface area contributed by atoms with Crippen molar-refractivity contribution < 1.29 is 19.6 Å². The van der Waals surface area contributed by atoms with E-state index >= 15 is 0 Å². The molecule has 0 atom stereocenters. The summed E-state index contributed by atoms with van der Waals surface area (Å²) < 4.78 is 11.6. The summed E-state index contributed by atoms with van der Waals surface area (Å²) in [6.45, 7) is 0.223. The van der Waals surface area contributed by atoms with Gasteiger partial charge in [0.2, 0.25) is 0 Å². The van der Waals surface area contributed by atoms with Gasteiger partial charge < -0.3 is 14.7 Å². The minimum atomic E-state index is -0.453. The summed E-state index contributed by atoms with van der Waals surface area (Å²) in [6, 6.07) is 9.48. The molecule has 0 saturated carbocycles. The molecule has 7 nitrogen and oxygen atoms in total. The summed E-state index contributed by atoms with van der Waals surface area (Å²) in [6.07, 6.45) is 1.27. The Morgan fingerprint density at radius 3 is 2.61 bits per heavy atom. The van der Waals surface area contributed by atoms with Crippen molar-refractivity contribution in [1.29, 1.82) is 0 Å². The van der Waals surface area contributed by atoms with Gasteiger partial charge in [0.1, 0.15) is 6.61 Å². The second-order valence-corrected chi connectivity index (χ2v) is 5.35. The van der Waals surface area contributed by atoms with E-state index in [-0.39, 0.29) is 12.3 Å². The van der Waals surface area contributed by atoms with Crippen LogP contribution in [0.2, 0.25) is 0 Å². The average Bonchev–Trinajstić information content (AvgIpc) is 2.54. The van der Waals surface area contributed by atoms with Crippen LogP contribution in [-0.2, 0) is 6.61 Å². The maximum absolute atomic E-state index is 10.6. The van der Waals surface area contributed by atoms with E-state index in [1.165, 1.54) is 25.5 Å². The SMILES string of the molecule is COc1cc(/C=N\O)cc(Br)c1OCc1ccc([N+](=O)[O-])cc1. The van der Waals surface area contributed by atoms with E-state index < -0.39 is 4.92 Å². The zero-order valence-electron chi connectivity index (χ0n) is 12.1. The summed E-state index contributed by atoms with van der Waals surface area (Å²) in [5, 5.41) is 22.2. The van der Waals surface area contributed by atoms with Crippen LogP contribution in [0.3, 0.4) is 0 Å². The highest BCUT2D eigenvalue weighted by Gasteiger charge is 2.12. The van der Waals surface area contributed by atoms with Gasteiger partial charge in [0.15, 0.2) is 11.5 Å². The Balaban J connectivity index is 2.18. The number of nitrogens with zero attached hydrogens (tertiary/aromatic N) is 2. The zero-order valence-corrected chi connectivity index (χ0v) is 13.7. The molecule has 1 N–H and O–H groups in total. The molecule has 2 rings (SSSR count). The molecular weight excluding hydrogens is 368 g/mol. The lowest BCUT2D eigenvalue weighted by Gasteiger charge is -2.13. The van der Waals surface area contributed by atoms with Gasteiger partial charge in [-0.2, -0.15) is 0 Å². The summed E-state index contributed by atoms with van der Waals surface area (Å²) in [5.74, 6) is 0.956. The van der Waals surface area contributed by atoms with Crippen molar-refractivity contribution in [3.8, 4) is 11.5 Å². The quantitative estimate of drug-likeness (QED) is 0.356. The number of non-ortho nitro benzene ring substituents is 1. The van der Waals surface area contributed by atoms with Crippen LogP contribution in [0.15, 0.2) is 46.0 Å². The lowest BCUT2D eigenvalue weighted by Crippen LogP contribution is -2.00. The molecule has 8 heteroatoms. The fourth-order valence-electron chi connectivity index (χ4n) is 1.89. The van der Waals surface area contributed by atoms with Crippen LogP contribution in [0.25, 0.3) is 0 Å². The molecule has 0 fully saturated rings. The third-order valence-electron chi connectivity index (χ3n) is 2.99. The first-order valence-electron chi connectivity index (χ1n) is 6.46. The number of nitro groups is 1. The maximum atomic E-state index is 10.6. The summed E-state index contributed by atoms with van der Waals surface area (Å²) >= 11 is 3.38. The van der Waals surface area contributed by atoms with Crippen molar-refractivity contribution in [2.45, 2.75) is 6.61 Å². The first kappa shape index (κ1) is 16.8. The number of methoxy groups -OCH3 is 1. The second kappa shape index (κ2) is 7.59. The average molecular weight is 381 g/mol. The van der Waals surface area contributed by atoms with Crippen LogP contribution in [0.4, 0.5) is 5.69 Å². The molecular formula is C15H13BrN2O5. The molecule has 0 aliphatic carbocycles. The highest BCUT2D eigenvalue weighted by Crippen LogP contribution is 2.36. The predicted molar refractivity (Wildman–Crippen MR) is 87.5 cm³/mol. The number of hydrogen-bond donors (Lipinski definition) is 1. The highest BCUT2D eigenvalue weighted by molar-refractivity contribution is 9.10. The molecule has 0 saturated heterocycles. The zero-order chi connectivity index (χ0) is 16.8. The Morgan fingerprint density at radius 2 is 2.04 bits per heavy atom. The van der Waals surface area contributed by atoms with Crippen LogP contribution in [0.1, 0.15) is 11.1 Å². The number of benzene rings is 2. The first-order valence-corrected chi connectivity index (χ1v) is 7.25. The van der Waals surface area contributed by atoms with E-state index in [1.54, 1.807) is 24.3 Å². The van der Waals surface area contributed by atoms with Crippen molar-refractivity contribution in [1.82, 2.24) is 0 Å². The van der Waals surface area contributed by atoms with Crippen LogP contribution < -0.4 is 9.47 Å². The molecule has 23 heavy (non-hydrogen) atoms. The van der Waals surface area contributed by atoms with E-state index in [9.17, 15) is 10.1 Å². The summed E-state index contributed by atoms with van der Waals surface area (Å²) in [5.41, 5.74) is 1.45. The van der Waals surface area contributed by atoms with Crippen molar-refractivity contribution >= 4 is 27.8 Å². The highest BCUT2D eigenvalue weighted by atomic mass is 79.9. The number of rotatable bonds is 6. The Hall–Kier alpha value is -2.61. The lowest BCUT2D eigenvalue weighted by molar-refractivity contribution is -0.384. The summed E-state index contributed by atoms with van der Waals surface area (Å²) in [7, 11) is 1.50.